The van der Waals surface area contributed by atoms with Gasteiger partial charge in [-0.15, -0.1) is 0 Å². The molecule has 19 heavy (non-hydrogen) atoms. The van der Waals surface area contributed by atoms with E-state index in [1.165, 1.54) is 0 Å². The molecule has 0 aliphatic carbocycles. The largest absolute Gasteiger partial charge is 0.355 e. The zero-order valence-electron chi connectivity index (χ0n) is 13.3. The minimum Gasteiger partial charge on any atom is -0.355 e. The smallest absolute Gasteiger partial charge is 0.220 e. The summed E-state index contributed by atoms with van der Waals surface area (Å²) >= 11 is 0. The van der Waals surface area contributed by atoms with E-state index in [-0.39, 0.29) is 17.2 Å². The Labute approximate surface area is 117 Å². The lowest BCUT2D eigenvalue weighted by Gasteiger charge is -2.25. The number of hydrogen-bond donors (Lipinski definition) is 2. The van der Waals surface area contributed by atoms with Crippen molar-refractivity contribution < 1.29 is 9.59 Å². The first-order valence-electron chi connectivity index (χ1n) is 7.16. The van der Waals surface area contributed by atoms with Gasteiger partial charge in [0.2, 0.25) is 11.8 Å². The highest BCUT2D eigenvalue weighted by molar-refractivity contribution is 5.76. The molecule has 0 saturated carbocycles. The number of hydrogen-bond acceptors (Lipinski definition) is 2. The molecule has 0 aliphatic heterocycles. The molecule has 0 atom stereocenters. The van der Waals surface area contributed by atoms with Crippen molar-refractivity contribution in [2.45, 2.75) is 54.4 Å². The van der Waals surface area contributed by atoms with Crippen molar-refractivity contribution in [2.75, 3.05) is 13.1 Å². The third-order valence-electron chi connectivity index (χ3n) is 2.72. The van der Waals surface area contributed by atoms with E-state index in [9.17, 15) is 9.59 Å². The van der Waals surface area contributed by atoms with Gasteiger partial charge >= 0.3 is 0 Å². The van der Waals surface area contributed by atoms with E-state index in [1.54, 1.807) is 0 Å². The lowest BCUT2D eigenvalue weighted by molar-refractivity contribution is -0.122. The summed E-state index contributed by atoms with van der Waals surface area (Å²) < 4.78 is 0. The van der Waals surface area contributed by atoms with Gasteiger partial charge in [0.25, 0.3) is 0 Å². The fourth-order valence-electron chi connectivity index (χ4n) is 1.62. The first-order valence-corrected chi connectivity index (χ1v) is 7.16. The summed E-state index contributed by atoms with van der Waals surface area (Å²) in [6, 6.07) is 0. The van der Waals surface area contributed by atoms with E-state index in [2.05, 4.69) is 10.6 Å². The van der Waals surface area contributed by atoms with Gasteiger partial charge in [-0.2, -0.15) is 0 Å². The minimum atomic E-state index is -0.126. The third kappa shape index (κ3) is 10.5. The monoisotopic (exact) mass is 270 g/mol. The van der Waals surface area contributed by atoms with Gasteiger partial charge in [-0.25, -0.2) is 0 Å². The van der Waals surface area contributed by atoms with Crippen LogP contribution >= 0.6 is 0 Å². The summed E-state index contributed by atoms with van der Waals surface area (Å²) in [7, 11) is 0. The summed E-state index contributed by atoms with van der Waals surface area (Å²) in [5, 5.41) is 5.86. The van der Waals surface area contributed by atoms with Gasteiger partial charge in [0, 0.05) is 25.9 Å². The third-order valence-corrected chi connectivity index (χ3v) is 2.72. The van der Waals surface area contributed by atoms with Gasteiger partial charge < -0.3 is 10.6 Å². The van der Waals surface area contributed by atoms with E-state index >= 15 is 0 Å². The van der Waals surface area contributed by atoms with Crippen LogP contribution in [0.3, 0.4) is 0 Å². The van der Waals surface area contributed by atoms with Crippen LogP contribution in [0.5, 0.6) is 0 Å². The molecule has 0 radical (unpaired) electrons. The molecule has 0 heterocycles. The standard InChI is InChI=1S/C15H30N2O2/c1-11(2)7-13(18)16-9-15(5,6)10-17-14(19)8-12(3)4/h11-12H,7-10H2,1-6H3,(H,16,18)(H,17,19). The molecule has 0 unspecified atom stereocenters. The zero-order valence-corrected chi connectivity index (χ0v) is 13.3. The van der Waals surface area contributed by atoms with Gasteiger partial charge in [-0.05, 0) is 17.3 Å². The Kier molecular flexibility index (Phi) is 7.72. The second-order valence-electron chi connectivity index (χ2n) is 6.91. The molecule has 0 aromatic carbocycles. The fraction of sp³-hybridized carbons (Fsp3) is 0.867. The second-order valence-corrected chi connectivity index (χ2v) is 6.91. The molecule has 0 fully saturated rings. The van der Waals surface area contributed by atoms with E-state index < -0.39 is 0 Å². The van der Waals surface area contributed by atoms with Crippen LogP contribution in [0.1, 0.15) is 54.4 Å². The average Bonchev–Trinajstić information content (AvgIpc) is 2.22. The summed E-state index contributed by atoms with van der Waals surface area (Å²) in [4.78, 5) is 23.2. The molecule has 0 rings (SSSR count). The molecule has 0 aromatic heterocycles. The summed E-state index contributed by atoms with van der Waals surface area (Å²) in [5.74, 6) is 0.899. The highest BCUT2D eigenvalue weighted by Gasteiger charge is 2.20. The van der Waals surface area contributed by atoms with Crippen molar-refractivity contribution in [3.8, 4) is 0 Å². The van der Waals surface area contributed by atoms with Gasteiger partial charge in [0.1, 0.15) is 0 Å². The molecule has 0 spiro atoms. The van der Waals surface area contributed by atoms with Gasteiger partial charge in [0.15, 0.2) is 0 Å². The van der Waals surface area contributed by atoms with Crippen molar-refractivity contribution in [3.63, 3.8) is 0 Å². The molecule has 4 nitrogen and oxygen atoms in total. The molecule has 2 N–H and O–H groups in total. The molecule has 0 aliphatic rings. The van der Waals surface area contributed by atoms with Crippen molar-refractivity contribution in [1.29, 1.82) is 0 Å². The summed E-state index contributed by atoms with van der Waals surface area (Å²) in [6.45, 7) is 13.3. The number of nitrogens with one attached hydrogen (secondary N) is 2. The van der Waals surface area contributed by atoms with E-state index in [0.717, 1.165) is 0 Å². The maximum Gasteiger partial charge on any atom is 0.220 e. The fourth-order valence-corrected chi connectivity index (χ4v) is 1.62. The van der Waals surface area contributed by atoms with E-state index in [0.29, 0.717) is 37.8 Å². The van der Waals surface area contributed by atoms with Gasteiger partial charge in [0.05, 0.1) is 0 Å². The van der Waals surface area contributed by atoms with Crippen molar-refractivity contribution in [2.24, 2.45) is 17.3 Å². The predicted octanol–water partition coefficient (Wildman–Crippen LogP) is 2.34. The van der Waals surface area contributed by atoms with Crippen LogP contribution in [0.2, 0.25) is 0 Å². The summed E-state index contributed by atoms with van der Waals surface area (Å²) in [5.41, 5.74) is -0.126. The molecule has 0 aromatic rings. The van der Waals surface area contributed by atoms with Crippen LogP contribution in [-0.4, -0.2) is 24.9 Å². The summed E-state index contributed by atoms with van der Waals surface area (Å²) in [6.07, 6.45) is 1.10. The minimum absolute atomic E-state index is 0.0802. The Bertz CT molecular complexity index is 269. The number of rotatable bonds is 8. The molecule has 4 heteroatoms. The Morgan fingerprint density at radius 2 is 1.16 bits per heavy atom. The Hall–Kier alpha value is -1.06. The second kappa shape index (κ2) is 8.18. The Balaban J connectivity index is 3.98. The molecule has 0 saturated heterocycles. The van der Waals surface area contributed by atoms with Crippen LogP contribution in [-0.2, 0) is 9.59 Å². The topological polar surface area (TPSA) is 58.2 Å². The molecule has 112 valence electrons. The Morgan fingerprint density at radius 1 is 0.842 bits per heavy atom. The van der Waals surface area contributed by atoms with Crippen molar-refractivity contribution in [1.82, 2.24) is 10.6 Å². The normalized spacial score (nSPS) is 11.8. The lowest BCUT2D eigenvalue weighted by Crippen LogP contribution is -2.42. The quantitative estimate of drug-likeness (QED) is 0.711. The average molecular weight is 270 g/mol. The first-order chi connectivity index (χ1) is 8.62. The molecule has 2 amide bonds. The first kappa shape index (κ1) is 17.9. The van der Waals surface area contributed by atoms with E-state index in [4.69, 9.17) is 0 Å². The lowest BCUT2D eigenvalue weighted by atomic mass is 9.93. The predicted molar refractivity (Wildman–Crippen MR) is 78.7 cm³/mol. The highest BCUT2D eigenvalue weighted by Crippen LogP contribution is 2.12. The van der Waals surface area contributed by atoms with Crippen LogP contribution in [0, 0.1) is 17.3 Å². The zero-order chi connectivity index (χ0) is 15.1. The maximum absolute atomic E-state index is 11.6. The molecule has 0 bridgehead atoms. The number of carbonyl (C=O) groups is 2. The van der Waals surface area contributed by atoms with Crippen molar-refractivity contribution >= 4 is 11.8 Å². The van der Waals surface area contributed by atoms with Crippen LogP contribution in [0.25, 0.3) is 0 Å². The maximum atomic E-state index is 11.6. The van der Waals surface area contributed by atoms with Crippen LogP contribution in [0.4, 0.5) is 0 Å². The molecular formula is C15H30N2O2. The van der Waals surface area contributed by atoms with Gasteiger partial charge in [-0.3, -0.25) is 9.59 Å². The van der Waals surface area contributed by atoms with Gasteiger partial charge in [-0.1, -0.05) is 41.5 Å². The van der Waals surface area contributed by atoms with E-state index in [1.807, 2.05) is 41.5 Å². The number of amides is 2. The number of carbonyl (C=O) groups excluding carboxylic acids is 2. The Morgan fingerprint density at radius 3 is 1.42 bits per heavy atom. The van der Waals surface area contributed by atoms with Crippen LogP contribution < -0.4 is 10.6 Å². The van der Waals surface area contributed by atoms with Crippen LogP contribution in [0.15, 0.2) is 0 Å². The molecular weight excluding hydrogens is 240 g/mol. The SMILES string of the molecule is CC(C)CC(=O)NCC(C)(C)CNC(=O)CC(C)C. The van der Waals surface area contributed by atoms with Crippen molar-refractivity contribution in [3.05, 3.63) is 0 Å². The highest BCUT2D eigenvalue weighted by atomic mass is 16.2.